The molecular weight excluding hydrogens is 336 g/mol. The highest BCUT2D eigenvalue weighted by Gasteiger charge is 2.14. The molecule has 0 saturated carbocycles. The fourth-order valence-corrected chi connectivity index (χ4v) is 2.07. The molecule has 2 amide bonds. The Hall–Kier alpha value is -3.31. The Labute approximate surface area is 141 Å². The van der Waals surface area contributed by atoms with Crippen LogP contribution in [0, 0.1) is 21.4 Å². The number of hydrogen-bond donors (Lipinski definition) is 2. The first-order chi connectivity index (χ1) is 11.4. The average Bonchev–Trinajstić information content (AvgIpc) is 2.56. The Kier molecular flexibility index (Phi) is 5.19. The first kappa shape index (κ1) is 17.1. The summed E-state index contributed by atoms with van der Waals surface area (Å²) in [5, 5.41) is 24.7. The van der Waals surface area contributed by atoms with Crippen LogP contribution in [0.15, 0.2) is 36.4 Å². The van der Waals surface area contributed by atoms with E-state index in [1.807, 2.05) is 6.07 Å². The van der Waals surface area contributed by atoms with E-state index in [0.29, 0.717) is 17.0 Å². The highest BCUT2D eigenvalue weighted by molar-refractivity contribution is 6.32. The lowest BCUT2D eigenvalue weighted by Gasteiger charge is -2.10. The minimum Gasteiger partial charge on any atom is -0.495 e. The first-order valence-electron chi connectivity index (χ1n) is 6.54. The van der Waals surface area contributed by atoms with Gasteiger partial charge in [-0.05, 0) is 24.3 Å². The standard InChI is InChI=1S/C15H11ClN4O4/c1-24-14-7-11(3-2-9(14)8-17)19-15(21)18-10-4-5-12(16)13(6-10)20(22)23/h2-7H,1H3,(H2,18,19,21). The molecule has 122 valence electrons. The molecule has 9 heteroatoms. The molecule has 0 aliphatic carbocycles. The molecule has 0 spiro atoms. The number of carbonyl (C=O) groups is 1. The number of urea groups is 1. The van der Waals surface area contributed by atoms with E-state index in [4.69, 9.17) is 21.6 Å². The van der Waals surface area contributed by atoms with Gasteiger partial charge in [0, 0.05) is 23.5 Å². The number of anilines is 2. The smallest absolute Gasteiger partial charge is 0.323 e. The summed E-state index contributed by atoms with van der Waals surface area (Å²) in [5.41, 5.74) is 0.627. The maximum atomic E-state index is 12.0. The lowest BCUT2D eigenvalue weighted by atomic mass is 10.2. The van der Waals surface area contributed by atoms with Crippen LogP contribution in [-0.2, 0) is 0 Å². The van der Waals surface area contributed by atoms with E-state index in [1.54, 1.807) is 0 Å². The van der Waals surface area contributed by atoms with E-state index >= 15 is 0 Å². The highest BCUT2D eigenvalue weighted by Crippen LogP contribution is 2.27. The van der Waals surface area contributed by atoms with Crippen LogP contribution in [0.5, 0.6) is 5.75 Å². The summed E-state index contributed by atoms with van der Waals surface area (Å²) in [6.07, 6.45) is 0. The predicted molar refractivity (Wildman–Crippen MR) is 88.5 cm³/mol. The molecule has 0 heterocycles. The number of hydrogen-bond acceptors (Lipinski definition) is 5. The number of nitrogens with zero attached hydrogens (tertiary/aromatic N) is 2. The molecule has 2 aromatic rings. The van der Waals surface area contributed by atoms with Gasteiger partial charge in [-0.3, -0.25) is 10.1 Å². The number of rotatable bonds is 4. The number of carbonyl (C=O) groups excluding carboxylic acids is 1. The van der Waals surface area contributed by atoms with Crippen LogP contribution in [0.25, 0.3) is 0 Å². The van der Waals surface area contributed by atoms with Gasteiger partial charge in [0.25, 0.3) is 5.69 Å². The quantitative estimate of drug-likeness (QED) is 0.645. The lowest BCUT2D eigenvalue weighted by Crippen LogP contribution is -2.19. The molecular formula is C15H11ClN4O4. The summed E-state index contributed by atoms with van der Waals surface area (Å²) < 4.78 is 5.05. The second kappa shape index (κ2) is 7.30. The van der Waals surface area contributed by atoms with Crippen LogP contribution in [0.4, 0.5) is 21.9 Å². The van der Waals surface area contributed by atoms with Gasteiger partial charge in [-0.1, -0.05) is 11.6 Å². The third-order valence-corrected chi connectivity index (χ3v) is 3.30. The minimum absolute atomic E-state index is 0.0252. The van der Waals surface area contributed by atoms with Gasteiger partial charge < -0.3 is 15.4 Å². The molecule has 0 radical (unpaired) electrons. The van der Waals surface area contributed by atoms with Gasteiger partial charge in [-0.2, -0.15) is 5.26 Å². The SMILES string of the molecule is COc1cc(NC(=O)Nc2ccc(Cl)c([N+](=O)[O-])c2)ccc1C#N. The monoisotopic (exact) mass is 346 g/mol. The Bertz CT molecular complexity index is 848. The maximum Gasteiger partial charge on any atom is 0.323 e. The second-order valence-electron chi connectivity index (χ2n) is 4.53. The summed E-state index contributed by atoms with van der Waals surface area (Å²) in [6.45, 7) is 0. The van der Waals surface area contributed by atoms with E-state index in [-0.39, 0.29) is 16.4 Å². The summed E-state index contributed by atoms with van der Waals surface area (Å²) in [4.78, 5) is 22.2. The van der Waals surface area contributed by atoms with Crippen molar-refractivity contribution < 1.29 is 14.5 Å². The van der Waals surface area contributed by atoms with Gasteiger partial charge in [0.15, 0.2) is 0 Å². The molecule has 2 aromatic carbocycles. The number of nitrogens with one attached hydrogen (secondary N) is 2. The summed E-state index contributed by atoms with van der Waals surface area (Å²) >= 11 is 5.71. The van der Waals surface area contributed by atoms with Crippen LogP contribution in [0.2, 0.25) is 5.02 Å². The van der Waals surface area contributed by atoms with Gasteiger partial charge in [0.2, 0.25) is 0 Å². The van der Waals surface area contributed by atoms with E-state index in [1.165, 1.54) is 37.4 Å². The zero-order valence-electron chi connectivity index (χ0n) is 12.4. The van der Waals surface area contributed by atoms with Crippen molar-refractivity contribution in [3.8, 4) is 11.8 Å². The van der Waals surface area contributed by atoms with Crippen LogP contribution in [0.3, 0.4) is 0 Å². The van der Waals surface area contributed by atoms with Gasteiger partial charge >= 0.3 is 6.03 Å². The molecule has 0 bridgehead atoms. The lowest BCUT2D eigenvalue weighted by molar-refractivity contribution is -0.384. The number of nitriles is 1. The molecule has 2 rings (SSSR count). The molecule has 0 aliphatic heterocycles. The predicted octanol–water partition coefficient (Wildman–Crippen LogP) is 3.77. The normalized spacial score (nSPS) is 9.71. The summed E-state index contributed by atoms with van der Waals surface area (Å²) in [7, 11) is 1.41. The molecule has 0 aromatic heterocycles. The Balaban J connectivity index is 2.13. The highest BCUT2D eigenvalue weighted by atomic mass is 35.5. The summed E-state index contributed by atoms with van der Waals surface area (Å²) in [5.74, 6) is 0.317. The van der Waals surface area contributed by atoms with Crippen LogP contribution in [-0.4, -0.2) is 18.1 Å². The molecule has 0 unspecified atom stereocenters. The van der Waals surface area contributed by atoms with Crippen LogP contribution < -0.4 is 15.4 Å². The van der Waals surface area contributed by atoms with Crippen molar-refractivity contribution in [3.63, 3.8) is 0 Å². The van der Waals surface area contributed by atoms with Gasteiger partial charge in [0.1, 0.15) is 16.8 Å². The Morgan fingerprint density at radius 2 is 1.88 bits per heavy atom. The summed E-state index contributed by atoms with van der Waals surface area (Å²) in [6, 6.07) is 9.78. The third kappa shape index (κ3) is 3.91. The Morgan fingerprint density at radius 3 is 2.46 bits per heavy atom. The molecule has 0 aliphatic rings. The fourth-order valence-electron chi connectivity index (χ4n) is 1.89. The number of methoxy groups -OCH3 is 1. The zero-order valence-corrected chi connectivity index (χ0v) is 13.1. The number of nitro groups is 1. The molecule has 2 N–H and O–H groups in total. The first-order valence-corrected chi connectivity index (χ1v) is 6.92. The molecule has 8 nitrogen and oxygen atoms in total. The van der Waals surface area contributed by atoms with Crippen molar-refractivity contribution >= 4 is 34.7 Å². The minimum atomic E-state index is -0.642. The van der Waals surface area contributed by atoms with Crippen molar-refractivity contribution in [1.29, 1.82) is 5.26 Å². The number of ether oxygens (including phenoxy) is 1. The van der Waals surface area contributed by atoms with Gasteiger partial charge in [0.05, 0.1) is 17.6 Å². The van der Waals surface area contributed by atoms with Crippen molar-refractivity contribution in [3.05, 3.63) is 57.1 Å². The van der Waals surface area contributed by atoms with Crippen molar-refractivity contribution in [1.82, 2.24) is 0 Å². The number of halogens is 1. The van der Waals surface area contributed by atoms with E-state index < -0.39 is 11.0 Å². The molecule has 0 atom stereocenters. The number of nitro benzene ring substituents is 1. The van der Waals surface area contributed by atoms with Gasteiger partial charge in [-0.15, -0.1) is 0 Å². The second-order valence-corrected chi connectivity index (χ2v) is 4.94. The van der Waals surface area contributed by atoms with E-state index in [2.05, 4.69) is 10.6 Å². The van der Waals surface area contributed by atoms with E-state index in [0.717, 1.165) is 6.07 Å². The number of amides is 2. The zero-order chi connectivity index (χ0) is 17.7. The maximum absolute atomic E-state index is 12.0. The Morgan fingerprint density at radius 1 is 1.25 bits per heavy atom. The van der Waals surface area contributed by atoms with Crippen molar-refractivity contribution in [2.75, 3.05) is 17.7 Å². The van der Waals surface area contributed by atoms with E-state index in [9.17, 15) is 14.9 Å². The molecule has 0 saturated heterocycles. The molecule has 24 heavy (non-hydrogen) atoms. The van der Waals surface area contributed by atoms with Gasteiger partial charge in [-0.25, -0.2) is 4.79 Å². The van der Waals surface area contributed by atoms with Crippen molar-refractivity contribution in [2.45, 2.75) is 0 Å². The van der Waals surface area contributed by atoms with Crippen molar-refractivity contribution in [2.24, 2.45) is 0 Å². The number of benzene rings is 2. The van der Waals surface area contributed by atoms with Crippen LogP contribution in [0.1, 0.15) is 5.56 Å². The average molecular weight is 347 g/mol. The topological polar surface area (TPSA) is 117 Å². The third-order valence-electron chi connectivity index (χ3n) is 2.98. The fraction of sp³-hybridized carbons (Fsp3) is 0.0667. The van der Waals surface area contributed by atoms with Crippen LogP contribution >= 0.6 is 11.6 Å². The molecule has 0 fully saturated rings. The largest absolute Gasteiger partial charge is 0.495 e.